The zero-order valence-electron chi connectivity index (χ0n) is 40.8. The van der Waals surface area contributed by atoms with Crippen LogP contribution in [0, 0.1) is 27.7 Å². The molecule has 0 spiro atoms. The molecular formula is C50H89NO10P+. The summed E-state index contributed by atoms with van der Waals surface area (Å²) in [4.78, 5) is 35.7. The number of furan rings is 2. The number of phosphoric ester groups is 1. The molecule has 62 heavy (non-hydrogen) atoms. The van der Waals surface area contributed by atoms with Gasteiger partial charge in [0.1, 0.15) is 42.8 Å². The van der Waals surface area contributed by atoms with Crippen LogP contribution in [0.3, 0.4) is 0 Å². The van der Waals surface area contributed by atoms with Gasteiger partial charge in [0, 0.05) is 38.5 Å². The number of quaternary nitrogens is 1. The Balaban J connectivity index is 1.64. The van der Waals surface area contributed by atoms with Crippen molar-refractivity contribution in [2.45, 2.75) is 215 Å². The number of nitrogens with zero attached hydrogens (tertiary/aromatic N) is 1. The van der Waals surface area contributed by atoms with Crippen LogP contribution in [0.5, 0.6) is 0 Å². The molecule has 0 aliphatic heterocycles. The first-order valence-electron chi connectivity index (χ1n) is 24.5. The van der Waals surface area contributed by atoms with Crippen LogP contribution < -0.4 is 0 Å². The first kappa shape index (κ1) is 55.7. The Kier molecular flexibility index (Phi) is 28.3. The van der Waals surface area contributed by atoms with Gasteiger partial charge in [-0.15, -0.1) is 0 Å². The van der Waals surface area contributed by atoms with Gasteiger partial charge in [0.15, 0.2) is 6.10 Å². The van der Waals surface area contributed by atoms with E-state index in [2.05, 4.69) is 41.5 Å². The monoisotopic (exact) mass is 895 g/mol. The van der Waals surface area contributed by atoms with Crippen LogP contribution in [0.1, 0.15) is 200 Å². The van der Waals surface area contributed by atoms with E-state index >= 15 is 0 Å². The number of unbranched alkanes of at least 4 members (excludes halogenated alkanes) is 16. The van der Waals surface area contributed by atoms with Crippen LogP contribution in [0.4, 0.5) is 0 Å². The summed E-state index contributed by atoms with van der Waals surface area (Å²) in [5.74, 6) is 3.80. The third kappa shape index (κ3) is 24.6. The fraction of sp³-hybridized carbons (Fsp3) is 0.800. The standard InChI is InChI=1S/C50H88NO10P/c1-10-12-25-31-46-42(5)43(6)48(61-46)33-27-22-18-14-16-20-24-29-35-50(53)59-44(39-58-62(54,55)57-37-36-51(7,8)9)38-56-49(52)34-28-23-19-15-13-17-21-26-32-47-41(4)40(3)45(60-47)30-11-2/h44H,10-39H2,1-9H3/p+1. The maximum Gasteiger partial charge on any atom is 0.472 e. The number of carbonyl (C=O) groups is 2. The molecule has 11 nitrogen and oxygen atoms in total. The maximum atomic E-state index is 12.8. The average Bonchev–Trinajstić information content (AvgIpc) is 3.64. The van der Waals surface area contributed by atoms with Gasteiger partial charge in [-0.3, -0.25) is 18.6 Å². The molecule has 2 rings (SSSR count). The number of rotatable bonds is 38. The van der Waals surface area contributed by atoms with Gasteiger partial charge >= 0.3 is 19.8 Å². The Morgan fingerprint density at radius 3 is 1.39 bits per heavy atom. The summed E-state index contributed by atoms with van der Waals surface area (Å²) < 4.78 is 46.9. The Labute approximate surface area is 376 Å². The number of phosphoric acid groups is 1. The quantitative estimate of drug-likeness (QED) is 0.0300. The number of likely N-dealkylation sites (N-methyl/N-ethyl adjacent to an activating group) is 1. The molecule has 12 heteroatoms. The number of hydrogen-bond acceptors (Lipinski definition) is 9. The molecule has 0 saturated heterocycles. The molecule has 0 aromatic carbocycles. The van der Waals surface area contributed by atoms with Crippen LogP contribution in [0.25, 0.3) is 0 Å². The molecular weight excluding hydrogens is 806 g/mol. The van der Waals surface area contributed by atoms with Gasteiger partial charge in [-0.05, 0) is 88.5 Å². The van der Waals surface area contributed by atoms with E-state index < -0.39 is 26.5 Å². The summed E-state index contributed by atoms with van der Waals surface area (Å²) in [5, 5.41) is 0. The Bertz CT molecular complexity index is 1570. The molecule has 2 atom stereocenters. The summed E-state index contributed by atoms with van der Waals surface area (Å²) in [7, 11) is 1.44. The van der Waals surface area contributed by atoms with Crippen LogP contribution in [-0.4, -0.2) is 74.9 Å². The SMILES string of the molecule is CCCCCc1oc(CCCCCCCCCCC(=O)OC(COC(=O)CCCCCCCCCCc2oc(CCC)c(C)c2C)COP(=O)(O)OCC[N+](C)(C)C)c(C)c1C. The molecule has 0 fully saturated rings. The lowest BCUT2D eigenvalue weighted by atomic mass is 10.0. The minimum atomic E-state index is -4.40. The molecule has 0 aliphatic carbocycles. The summed E-state index contributed by atoms with van der Waals surface area (Å²) in [6.45, 7) is 13.0. The van der Waals surface area contributed by atoms with Crippen molar-refractivity contribution in [3.8, 4) is 0 Å². The van der Waals surface area contributed by atoms with Crippen molar-refractivity contribution in [3.05, 3.63) is 45.3 Å². The van der Waals surface area contributed by atoms with Gasteiger partial charge in [0.05, 0.1) is 27.7 Å². The molecule has 0 amide bonds. The van der Waals surface area contributed by atoms with Crippen molar-refractivity contribution < 1.29 is 50.9 Å². The molecule has 0 radical (unpaired) electrons. The number of ether oxygens (including phenoxy) is 2. The number of esters is 2. The second-order valence-corrected chi connectivity index (χ2v) is 20.1. The third-order valence-electron chi connectivity index (χ3n) is 12.0. The summed E-state index contributed by atoms with van der Waals surface area (Å²) in [6.07, 6.45) is 25.2. The normalized spacial score (nSPS) is 13.4. The van der Waals surface area contributed by atoms with E-state index in [0.29, 0.717) is 23.9 Å². The zero-order chi connectivity index (χ0) is 45.8. The van der Waals surface area contributed by atoms with Crippen molar-refractivity contribution in [2.24, 2.45) is 0 Å². The fourth-order valence-corrected chi connectivity index (χ4v) is 8.39. The van der Waals surface area contributed by atoms with Crippen molar-refractivity contribution in [1.82, 2.24) is 0 Å². The van der Waals surface area contributed by atoms with Gasteiger partial charge in [-0.2, -0.15) is 0 Å². The van der Waals surface area contributed by atoms with Crippen molar-refractivity contribution in [1.29, 1.82) is 0 Å². The first-order valence-corrected chi connectivity index (χ1v) is 26.0. The lowest BCUT2D eigenvalue weighted by molar-refractivity contribution is -0.870. The van der Waals surface area contributed by atoms with Gasteiger partial charge < -0.3 is 27.7 Å². The van der Waals surface area contributed by atoms with Crippen molar-refractivity contribution >= 4 is 19.8 Å². The third-order valence-corrected chi connectivity index (χ3v) is 13.0. The molecule has 2 heterocycles. The molecule has 0 bridgehead atoms. The Morgan fingerprint density at radius 1 is 0.548 bits per heavy atom. The van der Waals surface area contributed by atoms with Crippen LogP contribution >= 0.6 is 7.82 Å². The summed E-state index contributed by atoms with van der Waals surface area (Å²) in [5.41, 5.74) is 5.29. The fourth-order valence-electron chi connectivity index (χ4n) is 7.65. The van der Waals surface area contributed by atoms with Gasteiger partial charge in [0.2, 0.25) is 0 Å². The molecule has 2 aromatic heterocycles. The Hall–Kier alpha value is -2.43. The highest BCUT2D eigenvalue weighted by atomic mass is 31.2. The summed E-state index contributed by atoms with van der Waals surface area (Å²) in [6, 6.07) is 0. The van der Waals surface area contributed by atoms with Crippen molar-refractivity contribution in [3.63, 3.8) is 0 Å². The first-order chi connectivity index (χ1) is 29.6. The van der Waals surface area contributed by atoms with Crippen LogP contribution in [0.2, 0.25) is 0 Å². The lowest BCUT2D eigenvalue weighted by Crippen LogP contribution is -2.37. The molecule has 0 saturated carbocycles. The largest absolute Gasteiger partial charge is 0.472 e. The smallest absolute Gasteiger partial charge is 0.466 e. The number of hydrogen-bond donors (Lipinski definition) is 1. The van der Waals surface area contributed by atoms with E-state index in [1.807, 2.05) is 21.1 Å². The predicted octanol–water partition coefficient (Wildman–Crippen LogP) is 12.9. The molecule has 358 valence electrons. The van der Waals surface area contributed by atoms with Gasteiger partial charge in [0.25, 0.3) is 0 Å². The van der Waals surface area contributed by atoms with Gasteiger partial charge in [-0.1, -0.05) is 104 Å². The highest BCUT2D eigenvalue weighted by molar-refractivity contribution is 7.47. The van der Waals surface area contributed by atoms with E-state index in [4.69, 9.17) is 27.4 Å². The molecule has 2 unspecified atom stereocenters. The summed E-state index contributed by atoms with van der Waals surface area (Å²) >= 11 is 0. The van der Waals surface area contributed by atoms with Crippen LogP contribution in [-0.2, 0) is 58.4 Å². The second kappa shape index (κ2) is 31.4. The molecule has 2 aromatic rings. The highest BCUT2D eigenvalue weighted by Gasteiger charge is 2.27. The molecule has 1 N–H and O–H groups in total. The number of carbonyl (C=O) groups excluding carboxylic acids is 2. The second-order valence-electron chi connectivity index (χ2n) is 18.7. The van der Waals surface area contributed by atoms with E-state index in [-0.39, 0.29) is 32.0 Å². The van der Waals surface area contributed by atoms with E-state index in [0.717, 1.165) is 101 Å². The van der Waals surface area contributed by atoms with E-state index in [9.17, 15) is 19.0 Å². The zero-order valence-corrected chi connectivity index (χ0v) is 41.7. The van der Waals surface area contributed by atoms with Crippen LogP contribution in [0.15, 0.2) is 8.83 Å². The average molecular weight is 895 g/mol. The van der Waals surface area contributed by atoms with Crippen molar-refractivity contribution in [2.75, 3.05) is 47.5 Å². The minimum absolute atomic E-state index is 0.0201. The number of aryl methyl sites for hydroxylation is 4. The lowest BCUT2D eigenvalue weighted by Gasteiger charge is -2.24. The van der Waals surface area contributed by atoms with E-state index in [1.165, 1.54) is 85.8 Å². The predicted molar refractivity (Wildman–Crippen MR) is 250 cm³/mol. The Morgan fingerprint density at radius 2 is 0.952 bits per heavy atom. The minimum Gasteiger partial charge on any atom is -0.466 e. The van der Waals surface area contributed by atoms with E-state index in [1.54, 1.807) is 0 Å². The topological polar surface area (TPSA) is 135 Å². The maximum absolute atomic E-state index is 12.8. The highest BCUT2D eigenvalue weighted by Crippen LogP contribution is 2.43. The molecule has 0 aliphatic rings. The van der Waals surface area contributed by atoms with Gasteiger partial charge in [-0.25, -0.2) is 4.57 Å².